The third-order valence-corrected chi connectivity index (χ3v) is 3.26. The second kappa shape index (κ2) is 5.46. The summed E-state index contributed by atoms with van der Waals surface area (Å²) >= 11 is 0. The summed E-state index contributed by atoms with van der Waals surface area (Å²) in [5.41, 5.74) is 3.52. The molecule has 0 bridgehead atoms. The number of aliphatic hydroxyl groups excluding tert-OH is 1. The van der Waals surface area contributed by atoms with Crippen molar-refractivity contribution in [3.63, 3.8) is 0 Å². The quantitative estimate of drug-likeness (QED) is 0.845. The second-order valence-corrected chi connectivity index (χ2v) is 4.89. The fourth-order valence-corrected chi connectivity index (χ4v) is 1.56. The number of nitrogens with zero attached hydrogens (tertiary/aromatic N) is 1. The van der Waals surface area contributed by atoms with Gasteiger partial charge in [-0.05, 0) is 51.4 Å². The van der Waals surface area contributed by atoms with Gasteiger partial charge in [-0.2, -0.15) is 0 Å². The summed E-state index contributed by atoms with van der Waals surface area (Å²) in [5, 5.41) is 10.1. The summed E-state index contributed by atoms with van der Waals surface area (Å²) in [4.78, 5) is 2.15. The van der Waals surface area contributed by atoms with Crippen LogP contribution in [0.25, 0.3) is 0 Å². The third kappa shape index (κ3) is 3.32. The first-order valence-corrected chi connectivity index (χ1v) is 5.87. The Labute approximate surface area is 98.9 Å². The van der Waals surface area contributed by atoms with E-state index in [1.807, 2.05) is 13.1 Å². The van der Waals surface area contributed by atoms with E-state index in [0.717, 1.165) is 5.56 Å². The lowest BCUT2D eigenvalue weighted by Crippen LogP contribution is -2.30. The van der Waals surface area contributed by atoms with Crippen molar-refractivity contribution in [2.45, 2.75) is 39.8 Å². The van der Waals surface area contributed by atoms with E-state index in [0.29, 0.717) is 12.6 Å². The molecule has 1 atom stereocenters. The predicted octanol–water partition coefficient (Wildman–Crippen LogP) is 2.68. The molecule has 90 valence electrons. The van der Waals surface area contributed by atoms with E-state index in [9.17, 15) is 5.11 Å². The Balaban J connectivity index is 2.73. The van der Waals surface area contributed by atoms with Crippen LogP contribution in [-0.4, -0.2) is 29.6 Å². The van der Waals surface area contributed by atoms with Gasteiger partial charge in [-0.15, -0.1) is 0 Å². The Morgan fingerprint density at radius 2 is 1.81 bits per heavy atom. The zero-order valence-corrected chi connectivity index (χ0v) is 11.0. The normalized spacial score (nSPS) is 13.5. The van der Waals surface area contributed by atoms with Crippen molar-refractivity contribution in [3.8, 4) is 0 Å². The topological polar surface area (TPSA) is 23.5 Å². The maximum Gasteiger partial charge on any atom is 0.0917 e. The minimum atomic E-state index is -0.397. The molecule has 0 radical (unpaired) electrons. The summed E-state index contributed by atoms with van der Waals surface area (Å²) in [6, 6.07) is 6.62. The van der Waals surface area contributed by atoms with E-state index < -0.39 is 6.10 Å². The van der Waals surface area contributed by atoms with Gasteiger partial charge in [-0.25, -0.2) is 0 Å². The lowest BCUT2D eigenvalue weighted by Gasteiger charge is -2.24. The maximum absolute atomic E-state index is 10.1. The van der Waals surface area contributed by atoms with Crippen molar-refractivity contribution in [1.29, 1.82) is 0 Å². The summed E-state index contributed by atoms with van der Waals surface area (Å²) in [7, 11) is 2.04. The number of hydrogen-bond acceptors (Lipinski definition) is 2. The molecular formula is C14H23NO. The van der Waals surface area contributed by atoms with Gasteiger partial charge in [0.05, 0.1) is 6.10 Å². The largest absolute Gasteiger partial charge is 0.387 e. The Hall–Kier alpha value is -0.860. The summed E-state index contributed by atoms with van der Waals surface area (Å²) in [5.74, 6) is 0. The van der Waals surface area contributed by atoms with E-state index in [2.05, 4.69) is 44.7 Å². The number of hydrogen-bond donors (Lipinski definition) is 1. The average Bonchev–Trinajstić information content (AvgIpc) is 2.21. The number of rotatable bonds is 4. The van der Waals surface area contributed by atoms with Gasteiger partial charge in [0.25, 0.3) is 0 Å². The van der Waals surface area contributed by atoms with Crippen molar-refractivity contribution in [2.75, 3.05) is 13.6 Å². The molecule has 0 aliphatic carbocycles. The Morgan fingerprint density at radius 1 is 1.19 bits per heavy atom. The van der Waals surface area contributed by atoms with Crippen molar-refractivity contribution in [2.24, 2.45) is 0 Å². The Morgan fingerprint density at radius 3 is 2.31 bits per heavy atom. The first-order chi connectivity index (χ1) is 7.41. The standard InChI is InChI=1S/C14H23NO/c1-10(2)15(5)9-14(16)13-7-6-11(3)12(4)8-13/h6-8,10,14,16H,9H2,1-5H3. The molecule has 1 unspecified atom stereocenters. The SMILES string of the molecule is Cc1ccc(C(O)CN(C)C(C)C)cc1C. The maximum atomic E-state index is 10.1. The van der Waals surface area contributed by atoms with E-state index in [-0.39, 0.29) is 0 Å². The molecule has 2 nitrogen and oxygen atoms in total. The van der Waals surface area contributed by atoms with Crippen molar-refractivity contribution < 1.29 is 5.11 Å². The molecule has 0 saturated carbocycles. The molecular weight excluding hydrogens is 198 g/mol. The summed E-state index contributed by atoms with van der Waals surface area (Å²) in [6.45, 7) is 9.11. The van der Waals surface area contributed by atoms with Gasteiger partial charge >= 0.3 is 0 Å². The Bertz CT molecular complexity index is 347. The highest BCUT2D eigenvalue weighted by Crippen LogP contribution is 2.18. The molecule has 0 fully saturated rings. The van der Waals surface area contributed by atoms with E-state index in [4.69, 9.17) is 0 Å². The molecule has 0 aromatic heterocycles. The van der Waals surface area contributed by atoms with Gasteiger partial charge in [0.15, 0.2) is 0 Å². The van der Waals surface area contributed by atoms with Gasteiger partial charge < -0.3 is 10.0 Å². The lowest BCUT2D eigenvalue weighted by molar-refractivity contribution is 0.112. The average molecular weight is 221 g/mol. The van der Waals surface area contributed by atoms with Crippen molar-refractivity contribution in [3.05, 3.63) is 34.9 Å². The van der Waals surface area contributed by atoms with Crippen LogP contribution < -0.4 is 0 Å². The fraction of sp³-hybridized carbons (Fsp3) is 0.571. The van der Waals surface area contributed by atoms with Crippen LogP contribution in [0.5, 0.6) is 0 Å². The molecule has 1 aromatic carbocycles. The molecule has 0 amide bonds. The van der Waals surface area contributed by atoms with Crippen LogP contribution >= 0.6 is 0 Å². The van der Waals surface area contributed by atoms with Crippen molar-refractivity contribution >= 4 is 0 Å². The van der Waals surface area contributed by atoms with E-state index >= 15 is 0 Å². The highest BCUT2D eigenvalue weighted by molar-refractivity contribution is 5.31. The predicted molar refractivity (Wildman–Crippen MR) is 68.6 cm³/mol. The van der Waals surface area contributed by atoms with Crippen LogP contribution in [0, 0.1) is 13.8 Å². The highest BCUT2D eigenvalue weighted by Gasteiger charge is 2.12. The molecule has 0 heterocycles. The first-order valence-electron chi connectivity index (χ1n) is 5.87. The number of aliphatic hydroxyl groups is 1. The minimum absolute atomic E-state index is 0.397. The molecule has 1 N–H and O–H groups in total. The number of benzene rings is 1. The van der Waals surface area contributed by atoms with Gasteiger partial charge in [0.1, 0.15) is 0 Å². The second-order valence-electron chi connectivity index (χ2n) is 4.89. The lowest BCUT2D eigenvalue weighted by atomic mass is 10.0. The van der Waals surface area contributed by atoms with Gasteiger partial charge in [-0.3, -0.25) is 0 Å². The van der Waals surface area contributed by atoms with Crippen LogP contribution in [0.4, 0.5) is 0 Å². The summed E-state index contributed by atoms with van der Waals surface area (Å²) in [6.07, 6.45) is -0.397. The molecule has 1 aromatic rings. The molecule has 0 aliphatic rings. The molecule has 16 heavy (non-hydrogen) atoms. The molecule has 0 aliphatic heterocycles. The van der Waals surface area contributed by atoms with E-state index in [1.165, 1.54) is 11.1 Å². The molecule has 1 rings (SSSR count). The zero-order valence-electron chi connectivity index (χ0n) is 11.0. The van der Waals surface area contributed by atoms with Crippen LogP contribution in [0.3, 0.4) is 0 Å². The number of aryl methyl sites for hydroxylation is 2. The third-order valence-electron chi connectivity index (χ3n) is 3.26. The van der Waals surface area contributed by atoms with Gasteiger partial charge in [0.2, 0.25) is 0 Å². The number of likely N-dealkylation sites (N-methyl/N-ethyl adjacent to an activating group) is 1. The Kier molecular flexibility index (Phi) is 4.51. The molecule has 0 spiro atoms. The molecule has 0 saturated heterocycles. The minimum Gasteiger partial charge on any atom is -0.387 e. The van der Waals surface area contributed by atoms with Crippen LogP contribution in [-0.2, 0) is 0 Å². The van der Waals surface area contributed by atoms with Crippen LogP contribution in [0.1, 0.15) is 36.6 Å². The highest BCUT2D eigenvalue weighted by atomic mass is 16.3. The first kappa shape index (κ1) is 13.2. The van der Waals surface area contributed by atoms with E-state index in [1.54, 1.807) is 0 Å². The fourth-order valence-electron chi connectivity index (χ4n) is 1.56. The summed E-state index contributed by atoms with van der Waals surface area (Å²) < 4.78 is 0. The molecule has 2 heteroatoms. The van der Waals surface area contributed by atoms with Crippen LogP contribution in [0.2, 0.25) is 0 Å². The van der Waals surface area contributed by atoms with Gasteiger partial charge in [0, 0.05) is 12.6 Å². The smallest absolute Gasteiger partial charge is 0.0917 e. The monoisotopic (exact) mass is 221 g/mol. The zero-order chi connectivity index (χ0) is 12.3. The van der Waals surface area contributed by atoms with Gasteiger partial charge in [-0.1, -0.05) is 18.2 Å². The van der Waals surface area contributed by atoms with Crippen molar-refractivity contribution in [1.82, 2.24) is 4.90 Å². The van der Waals surface area contributed by atoms with Crippen LogP contribution in [0.15, 0.2) is 18.2 Å².